The third-order valence-electron chi connectivity index (χ3n) is 2.76. The maximum absolute atomic E-state index is 12.3. The Bertz CT molecular complexity index is 654. The van der Waals surface area contributed by atoms with Gasteiger partial charge in [-0.15, -0.1) is 4.73 Å². The molecular weight excluding hydrogens is 294 g/mol. The molecule has 0 spiro atoms. The Labute approximate surface area is 125 Å². The summed E-state index contributed by atoms with van der Waals surface area (Å²) in [6.45, 7) is 3.89. The smallest absolute Gasteiger partial charge is 0.400 e. The Morgan fingerprint density at radius 3 is 2.86 bits per heavy atom. The van der Waals surface area contributed by atoms with Crippen LogP contribution in [0.3, 0.4) is 0 Å². The fourth-order valence-electron chi connectivity index (χ4n) is 1.87. The summed E-state index contributed by atoms with van der Waals surface area (Å²) in [5.74, 6) is 0.653. The highest BCUT2D eigenvalue weighted by molar-refractivity contribution is 7.98. The number of methoxy groups -OCH3 is 1. The van der Waals surface area contributed by atoms with Gasteiger partial charge in [-0.25, -0.2) is 4.98 Å². The maximum Gasteiger partial charge on any atom is 0.400 e. The number of ether oxygens (including phenoxy) is 1. The van der Waals surface area contributed by atoms with Crippen molar-refractivity contribution in [2.45, 2.75) is 31.2 Å². The molecule has 2 rings (SSSR count). The summed E-state index contributed by atoms with van der Waals surface area (Å²) in [4.78, 5) is 18.7. The molecule has 0 atom stereocenters. The molecule has 0 amide bonds. The van der Waals surface area contributed by atoms with E-state index in [0.717, 1.165) is 0 Å². The third-order valence-corrected chi connectivity index (χ3v) is 3.66. The Morgan fingerprint density at radius 2 is 2.29 bits per heavy atom. The van der Waals surface area contributed by atoms with Crippen LogP contribution in [0.4, 0.5) is 0 Å². The molecule has 0 radical (unpaired) electrons. The number of nitrogens with one attached hydrogen (secondary N) is 2. The van der Waals surface area contributed by atoms with E-state index in [1.165, 1.54) is 25.2 Å². The SMILES string of the molecule is COc1c(CSc2ncn[nH]2)[nH]c(=O)c(CC(C)C)[n+]1[O-]. The van der Waals surface area contributed by atoms with Crippen LogP contribution in [0, 0.1) is 11.1 Å². The molecule has 0 fully saturated rings. The molecular formula is C12H17N5O3S. The highest BCUT2D eigenvalue weighted by Gasteiger charge is 2.23. The Morgan fingerprint density at radius 1 is 1.52 bits per heavy atom. The van der Waals surface area contributed by atoms with E-state index in [-0.39, 0.29) is 23.1 Å². The molecule has 2 heterocycles. The van der Waals surface area contributed by atoms with E-state index in [1.54, 1.807) is 0 Å². The van der Waals surface area contributed by atoms with Gasteiger partial charge in [0, 0.05) is 6.42 Å². The fraction of sp³-hybridized carbons (Fsp3) is 0.500. The molecule has 21 heavy (non-hydrogen) atoms. The summed E-state index contributed by atoms with van der Waals surface area (Å²) >= 11 is 1.32. The van der Waals surface area contributed by atoms with E-state index in [9.17, 15) is 10.0 Å². The molecule has 0 aliphatic heterocycles. The minimum Gasteiger partial charge on any atom is -0.616 e. The third kappa shape index (κ3) is 3.54. The summed E-state index contributed by atoms with van der Waals surface area (Å²) in [5.41, 5.74) is 0.203. The monoisotopic (exact) mass is 311 g/mol. The van der Waals surface area contributed by atoms with Gasteiger partial charge in [0.25, 0.3) is 5.69 Å². The van der Waals surface area contributed by atoms with Crippen molar-refractivity contribution >= 4 is 11.8 Å². The number of rotatable bonds is 6. The molecule has 0 saturated carbocycles. The second-order valence-corrected chi connectivity index (χ2v) is 5.82. The zero-order valence-corrected chi connectivity index (χ0v) is 12.9. The number of hydrogen-bond acceptors (Lipinski definition) is 6. The average Bonchev–Trinajstić information content (AvgIpc) is 2.94. The molecule has 0 bridgehead atoms. The van der Waals surface area contributed by atoms with E-state index >= 15 is 0 Å². The fourth-order valence-corrected chi connectivity index (χ4v) is 2.59. The lowest BCUT2D eigenvalue weighted by molar-refractivity contribution is -0.622. The first-order chi connectivity index (χ1) is 10.0. The Kier molecular flexibility index (Phi) is 4.84. The molecule has 2 aromatic rings. The first kappa shape index (κ1) is 15.4. The molecule has 0 aromatic carbocycles. The maximum atomic E-state index is 12.3. The van der Waals surface area contributed by atoms with Crippen molar-refractivity contribution < 1.29 is 9.47 Å². The summed E-state index contributed by atoms with van der Waals surface area (Å²) in [7, 11) is 1.41. The topological polar surface area (TPSA) is 111 Å². The molecule has 0 aliphatic rings. The molecule has 2 N–H and O–H groups in total. The van der Waals surface area contributed by atoms with Gasteiger partial charge >= 0.3 is 11.4 Å². The lowest BCUT2D eigenvalue weighted by Gasteiger charge is -2.11. The van der Waals surface area contributed by atoms with E-state index < -0.39 is 0 Å². The van der Waals surface area contributed by atoms with Crippen LogP contribution in [0.5, 0.6) is 5.88 Å². The number of nitrogens with zero attached hydrogens (tertiary/aromatic N) is 3. The molecule has 0 aliphatic carbocycles. The number of aromatic nitrogens is 5. The van der Waals surface area contributed by atoms with E-state index in [0.29, 0.717) is 27.8 Å². The van der Waals surface area contributed by atoms with Gasteiger partial charge in [-0.05, 0) is 5.92 Å². The Hall–Kier alpha value is -2.03. The van der Waals surface area contributed by atoms with Crippen LogP contribution in [-0.4, -0.2) is 27.3 Å². The molecule has 114 valence electrons. The number of hydrogen-bond donors (Lipinski definition) is 2. The number of H-pyrrole nitrogens is 2. The van der Waals surface area contributed by atoms with Crippen LogP contribution in [0.25, 0.3) is 0 Å². The molecule has 2 aromatic heterocycles. The second kappa shape index (κ2) is 6.61. The van der Waals surface area contributed by atoms with Crippen LogP contribution in [-0.2, 0) is 12.2 Å². The molecule has 9 heteroatoms. The van der Waals surface area contributed by atoms with Crippen molar-refractivity contribution in [2.24, 2.45) is 5.92 Å². The quantitative estimate of drug-likeness (QED) is 0.460. The van der Waals surface area contributed by atoms with Gasteiger partial charge in [0.2, 0.25) is 0 Å². The number of aromatic amines is 2. The predicted molar refractivity (Wildman–Crippen MR) is 77.1 cm³/mol. The first-order valence-corrected chi connectivity index (χ1v) is 7.41. The minimum atomic E-state index is -0.382. The van der Waals surface area contributed by atoms with E-state index in [4.69, 9.17) is 4.74 Å². The van der Waals surface area contributed by atoms with Gasteiger partial charge in [0.15, 0.2) is 5.16 Å². The van der Waals surface area contributed by atoms with E-state index in [2.05, 4.69) is 20.2 Å². The normalized spacial score (nSPS) is 11.0. The van der Waals surface area contributed by atoms with Crippen LogP contribution in [0.15, 0.2) is 16.3 Å². The average molecular weight is 311 g/mol. The van der Waals surface area contributed by atoms with E-state index in [1.807, 2.05) is 13.8 Å². The number of thioether (sulfide) groups is 1. The zero-order chi connectivity index (χ0) is 15.4. The first-order valence-electron chi connectivity index (χ1n) is 6.42. The lowest BCUT2D eigenvalue weighted by atomic mass is 10.1. The van der Waals surface area contributed by atoms with Crippen LogP contribution in [0.1, 0.15) is 25.2 Å². The van der Waals surface area contributed by atoms with Crippen molar-refractivity contribution in [3.63, 3.8) is 0 Å². The zero-order valence-electron chi connectivity index (χ0n) is 12.0. The lowest BCUT2D eigenvalue weighted by Crippen LogP contribution is -2.43. The van der Waals surface area contributed by atoms with Crippen molar-refractivity contribution in [2.75, 3.05) is 7.11 Å². The van der Waals surface area contributed by atoms with Crippen LogP contribution < -0.4 is 15.0 Å². The standard InChI is InChI=1S/C12H17N5O3S/c1-7(2)4-9-10(18)15-8(11(20-3)17(9)19)5-21-12-13-6-14-16-12/h6-7H,4-5H2,1-3H3,(H,15,18)(H,13,14,16). The van der Waals surface area contributed by atoms with Crippen molar-refractivity contribution in [3.05, 3.63) is 33.3 Å². The van der Waals surface area contributed by atoms with Gasteiger partial charge in [0.05, 0.1) is 12.9 Å². The molecule has 0 saturated heterocycles. The van der Waals surface area contributed by atoms with Crippen molar-refractivity contribution in [3.8, 4) is 5.88 Å². The van der Waals surface area contributed by atoms with Gasteiger partial charge in [0.1, 0.15) is 12.0 Å². The van der Waals surface area contributed by atoms with Gasteiger partial charge in [-0.3, -0.25) is 9.89 Å². The molecule has 8 nitrogen and oxygen atoms in total. The second-order valence-electron chi connectivity index (χ2n) is 4.86. The van der Waals surface area contributed by atoms with Crippen molar-refractivity contribution in [1.29, 1.82) is 0 Å². The van der Waals surface area contributed by atoms with Crippen LogP contribution >= 0.6 is 11.8 Å². The minimum absolute atomic E-state index is 0.109. The summed E-state index contributed by atoms with van der Waals surface area (Å²) in [6.07, 6.45) is 1.78. The summed E-state index contributed by atoms with van der Waals surface area (Å²) in [6, 6.07) is 0. The summed E-state index contributed by atoms with van der Waals surface area (Å²) < 4.78 is 5.72. The van der Waals surface area contributed by atoms with Gasteiger partial charge in [-0.2, -0.15) is 5.10 Å². The summed E-state index contributed by atoms with van der Waals surface area (Å²) in [5, 5.41) is 19.3. The largest absolute Gasteiger partial charge is 0.616 e. The van der Waals surface area contributed by atoms with Gasteiger partial charge in [-0.1, -0.05) is 25.6 Å². The van der Waals surface area contributed by atoms with Crippen LogP contribution in [0.2, 0.25) is 0 Å². The molecule has 0 unspecified atom stereocenters. The highest BCUT2D eigenvalue weighted by atomic mass is 32.2. The Balaban J connectivity index is 2.31. The predicted octanol–water partition coefficient (Wildman–Crippen LogP) is 0.626. The van der Waals surface area contributed by atoms with Gasteiger partial charge < -0.3 is 14.9 Å². The highest BCUT2D eigenvalue weighted by Crippen LogP contribution is 2.21. The van der Waals surface area contributed by atoms with Crippen molar-refractivity contribution in [1.82, 2.24) is 20.2 Å².